The number of carbonyl (C=O) groups is 3. The van der Waals surface area contributed by atoms with Crippen LogP contribution in [0, 0.1) is 17.3 Å². The summed E-state index contributed by atoms with van der Waals surface area (Å²) in [6, 6.07) is 0.545. The van der Waals surface area contributed by atoms with Crippen molar-refractivity contribution < 1.29 is 23.9 Å². The minimum atomic E-state index is -0.629. The molecule has 1 aliphatic heterocycles. The van der Waals surface area contributed by atoms with Gasteiger partial charge in [0.2, 0.25) is 0 Å². The second-order valence-corrected chi connectivity index (χ2v) is 14.1. The summed E-state index contributed by atoms with van der Waals surface area (Å²) in [5, 5.41) is 6.53. The van der Waals surface area contributed by atoms with Crippen molar-refractivity contribution in [1.82, 2.24) is 10.6 Å². The van der Waals surface area contributed by atoms with Gasteiger partial charge in [-0.15, -0.1) is 0 Å². The largest absolute Gasteiger partial charge is 0.462 e. The Kier molecular flexibility index (Phi) is 13.4. The van der Waals surface area contributed by atoms with Crippen LogP contribution in [0.4, 0.5) is 0 Å². The minimum absolute atomic E-state index is 0.103. The van der Waals surface area contributed by atoms with Crippen LogP contribution < -0.4 is 16.4 Å². The molecule has 0 aromatic heterocycles. The highest BCUT2D eigenvalue weighted by molar-refractivity contribution is 5.84. The Hall–Kier alpha value is -1.67. The number of rotatable bonds is 9. The standard InChI is InChI=1S/C21H36N2O3.C12H23NO2/c24-20-19(13-7-8-14-22-20)26-21(25)18(16-9-3-1-4-10-16)15-23-17-11-5-2-6-12-17;1-11(2,12(3,4)13)10(14)15-9-7-5-6-8-9/h16-19,23H,1-15H2,(H,22,24);9H,5-8,13H2,1-4H3. The predicted octanol–water partition coefficient (Wildman–Crippen LogP) is 5.55. The van der Waals surface area contributed by atoms with Gasteiger partial charge in [0.15, 0.2) is 6.10 Å². The first-order chi connectivity index (χ1) is 19.5. The predicted molar refractivity (Wildman–Crippen MR) is 162 cm³/mol. The van der Waals surface area contributed by atoms with Gasteiger partial charge in [-0.3, -0.25) is 14.4 Å². The first-order valence-electron chi connectivity index (χ1n) is 16.7. The minimum Gasteiger partial charge on any atom is -0.462 e. The maximum atomic E-state index is 13.0. The lowest BCUT2D eigenvalue weighted by Crippen LogP contribution is -2.52. The molecule has 0 spiro atoms. The van der Waals surface area contributed by atoms with Crippen molar-refractivity contribution in [3.8, 4) is 0 Å². The summed E-state index contributed by atoms with van der Waals surface area (Å²) in [5.41, 5.74) is 4.81. The zero-order valence-corrected chi connectivity index (χ0v) is 26.4. The highest BCUT2D eigenvalue weighted by Gasteiger charge is 2.43. The Morgan fingerprint density at radius 3 is 2.00 bits per heavy atom. The van der Waals surface area contributed by atoms with Crippen LogP contribution in [0.25, 0.3) is 0 Å². The van der Waals surface area contributed by atoms with Gasteiger partial charge in [-0.25, -0.2) is 0 Å². The Bertz CT molecular complexity index is 821. The molecule has 1 amide bonds. The monoisotopic (exact) mass is 577 g/mol. The van der Waals surface area contributed by atoms with Gasteiger partial charge in [0, 0.05) is 24.7 Å². The molecule has 1 saturated heterocycles. The van der Waals surface area contributed by atoms with E-state index in [0.717, 1.165) is 38.5 Å². The maximum Gasteiger partial charge on any atom is 0.313 e. The van der Waals surface area contributed by atoms with Crippen LogP contribution in [0.2, 0.25) is 0 Å². The van der Waals surface area contributed by atoms with Crippen LogP contribution in [0.15, 0.2) is 0 Å². The van der Waals surface area contributed by atoms with Crippen molar-refractivity contribution in [1.29, 1.82) is 0 Å². The first kappa shape index (κ1) is 33.8. The molecule has 3 aliphatic carbocycles. The fraction of sp³-hybridized carbons (Fsp3) is 0.909. The van der Waals surface area contributed by atoms with Crippen molar-refractivity contribution in [2.24, 2.45) is 23.0 Å². The molecular weight excluding hydrogens is 518 g/mol. The summed E-state index contributed by atoms with van der Waals surface area (Å²) in [4.78, 5) is 37.1. The third kappa shape index (κ3) is 10.5. The van der Waals surface area contributed by atoms with E-state index in [1.807, 2.05) is 27.7 Å². The molecule has 236 valence electrons. The van der Waals surface area contributed by atoms with Crippen LogP contribution in [0.5, 0.6) is 0 Å². The summed E-state index contributed by atoms with van der Waals surface area (Å²) in [6.45, 7) is 8.84. The normalized spacial score (nSPS) is 24.4. The van der Waals surface area contributed by atoms with E-state index in [1.165, 1.54) is 64.2 Å². The SMILES string of the molecule is CC(C)(N)C(C)(C)C(=O)OC1CCCC1.O=C1NCCCCC1OC(=O)C(CNC1CCCCC1)C1CCCCC1. The lowest BCUT2D eigenvalue weighted by Gasteiger charge is -2.36. The van der Waals surface area contributed by atoms with E-state index in [4.69, 9.17) is 15.2 Å². The molecule has 0 radical (unpaired) electrons. The Balaban J connectivity index is 0.000000263. The molecule has 2 atom stereocenters. The molecule has 4 N–H and O–H groups in total. The highest BCUT2D eigenvalue weighted by Crippen LogP contribution is 2.33. The van der Waals surface area contributed by atoms with E-state index < -0.39 is 17.1 Å². The van der Waals surface area contributed by atoms with E-state index in [1.54, 1.807) is 0 Å². The molecule has 3 saturated carbocycles. The van der Waals surface area contributed by atoms with E-state index in [9.17, 15) is 14.4 Å². The van der Waals surface area contributed by atoms with Crippen molar-refractivity contribution in [2.75, 3.05) is 13.1 Å². The number of nitrogens with one attached hydrogen (secondary N) is 2. The van der Waals surface area contributed by atoms with Gasteiger partial charge < -0.3 is 25.8 Å². The molecule has 0 bridgehead atoms. The molecule has 1 heterocycles. The van der Waals surface area contributed by atoms with Crippen LogP contribution >= 0.6 is 0 Å². The summed E-state index contributed by atoms with van der Waals surface area (Å²) in [7, 11) is 0. The lowest BCUT2D eigenvalue weighted by atomic mass is 9.75. The molecule has 4 aliphatic rings. The molecule has 0 aromatic carbocycles. The van der Waals surface area contributed by atoms with E-state index in [2.05, 4.69) is 10.6 Å². The third-order valence-electron chi connectivity index (χ3n) is 10.2. The fourth-order valence-corrected chi connectivity index (χ4v) is 6.40. The maximum absolute atomic E-state index is 13.0. The number of amides is 1. The van der Waals surface area contributed by atoms with Crippen molar-refractivity contribution in [2.45, 2.75) is 161 Å². The quantitative estimate of drug-likeness (QED) is 0.307. The second-order valence-electron chi connectivity index (χ2n) is 14.1. The fourth-order valence-electron chi connectivity index (χ4n) is 6.40. The molecule has 4 rings (SSSR count). The molecule has 8 heteroatoms. The summed E-state index contributed by atoms with van der Waals surface area (Å²) in [5.74, 6) is -0.128. The van der Waals surface area contributed by atoms with Crippen molar-refractivity contribution in [3.05, 3.63) is 0 Å². The molecular formula is C33H59N3O5. The van der Waals surface area contributed by atoms with Gasteiger partial charge in [-0.05, 0) is 104 Å². The average Bonchev–Trinajstić information content (AvgIpc) is 3.38. The summed E-state index contributed by atoms with van der Waals surface area (Å²) in [6.07, 6.45) is 18.7. The average molecular weight is 578 g/mol. The first-order valence-corrected chi connectivity index (χ1v) is 16.7. The molecule has 4 fully saturated rings. The number of esters is 2. The molecule has 41 heavy (non-hydrogen) atoms. The number of hydrogen-bond acceptors (Lipinski definition) is 7. The Morgan fingerprint density at radius 2 is 1.39 bits per heavy atom. The Labute approximate surface area is 249 Å². The third-order valence-corrected chi connectivity index (χ3v) is 10.2. The van der Waals surface area contributed by atoms with Gasteiger partial charge in [-0.2, -0.15) is 0 Å². The van der Waals surface area contributed by atoms with Crippen LogP contribution in [0.3, 0.4) is 0 Å². The summed E-state index contributed by atoms with van der Waals surface area (Å²) < 4.78 is 11.2. The molecule has 2 unspecified atom stereocenters. The number of carbonyl (C=O) groups excluding carboxylic acids is 3. The smallest absolute Gasteiger partial charge is 0.313 e. The molecule has 8 nitrogen and oxygen atoms in total. The van der Waals surface area contributed by atoms with Gasteiger partial charge in [-0.1, -0.05) is 38.5 Å². The van der Waals surface area contributed by atoms with E-state index >= 15 is 0 Å². The highest BCUT2D eigenvalue weighted by atomic mass is 16.6. The van der Waals surface area contributed by atoms with E-state index in [0.29, 0.717) is 31.5 Å². The van der Waals surface area contributed by atoms with E-state index in [-0.39, 0.29) is 29.9 Å². The zero-order valence-electron chi connectivity index (χ0n) is 26.4. The van der Waals surface area contributed by atoms with Crippen molar-refractivity contribution in [3.63, 3.8) is 0 Å². The topological polar surface area (TPSA) is 120 Å². The number of nitrogens with two attached hydrogens (primary N) is 1. The van der Waals surface area contributed by atoms with Gasteiger partial charge in [0.25, 0.3) is 5.91 Å². The van der Waals surface area contributed by atoms with Gasteiger partial charge in [0.1, 0.15) is 6.10 Å². The van der Waals surface area contributed by atoms with Crippen LogP contribution in [-0.2, 0) is 23.9 Å². The second kappa shape index (κ2) is 16.3. The lowest BCUT2D eigenvalue weighted by molar-refractivity contribution is -0.163. The van der Waals surface area contributed by atoms with Gasteiger partial charge in [0.05, 0.1) is 11.3 Å². The number of ether oxygens (including phenoxy) is 2. The van der Waals surface area contributed by atoms with Crippen LogP contribution in [-0.4, -0.2) is 54.7 Å². The molecule has 0 aromatic rings. The zero-order chi connectivity index (χ0) is 29.9. The summed E-state index contributed by atoms with van der Waals surface area (Å²) >= 11 is 0. The van der Waals surface area contributed by atoms with Gasteiger partial charge >= 0.3 is 11.9 Å². The Morgan fingerprint density at radius 1 is 0.829 bits per heavy atom. The number of hydrogen-bond donors (Lipinski definition) is 3. The van der Waals surface area contributed by atoms with Crippen LogP contribution in [0.1, 0.15) is 137 Å². The van der Waals surface area contributed by atoms with Crippen molar-refractivity contribution >= 4 is 17.8 Å².